The van der Waals surface area contributed by atoms with E-state index in [0.29, 0.717) is 51.1 Å². The van der Waals surface area contributed by atoms with Gasteiger partial charge in [-0.05, 0) is 45.7 Å². The van der Waals surface area contributed by atoms with Gasteiger partial charge in [-0.25, -0.2) is 9.59 Å². The summed E-state index contributed by atoms with van der Waals surface area (Å²) < 4.78 is 10.4. The minimum absolute atomic E-state index is 0.287. The van der Waals surface area contributed by atoms with E-state index in [4.69, 9.17) is 14.5 Å². The first-order valence-electron chi connectivity index (χ1n) is 10.3. The molecule has 2 aliphatic heterocycles. The van der Waals surface area contributed by atoms with Crippen LogP contribution in [0, 0.1) is 0 Å². The third-order valence-corrected chi connectivity index (χ3v) is 5.02. The summed E-state index contributed by atoms with van der Waals surface area (Å²) in [4.78, 5) is 37.7. The maximum Gasteiger partial charge on any atom is 0.410 e. The van der Waals surface area contributed by atoms with E-state index in [-0.39, 0.29) is 12.1 Å². The van der Waals surface area contributed by atoms with Gasteiger partial charge in [0.1, 0.15) is 5.60 Å². The Morgan fingerprint density at radius 3 is 2.43 bits per heavy atom. The number of esters is 1. The van der Waals surface area contributed by atoms with Crippen LogP contribution in [0.15, 0.2) is 40.7 Å². The predicted molar refractivity (Wildman–Crippen MR) is 113 cm³/mol. The molecule has 0 atom stereocenters. The van der Waals surface area contributed by atoms with Crippen molar-refractivity contribution < 1.29 is 19.1 Å². The van der Waals surface area contributed by atoms with Crippen LogP contribution in [0.4, 0.5) is 4.79 Å². The van der Waals surface area contributed by atoms with Gasteiger partial charge in [0.2, 0.25) is 0 Å². The molecule has 0 aliphatic carbocycles. The van der Waals surface area contributed by atoms with E-state index >= 15 is 0 Å². The lowest BCUT2D eigenvalue weighted by Crippen LogP contribution is -2.50. The molecule has 0 bridgehead atoms. The van der Waals surface area contributed by atoms with Crippen molar-refractivity contribution in [3.05, 3.63) is 41.4 Å². The Bertz CT molecular complexity index is 834. The van der Waals surface area contributed by atoms with Crippen molar-refractivity contribution in [3.63, 3.8) is 0 Å². The van der Waals surface area contributed by atoms with Gasteiger partial charge in [-0.2, -0.15) is 0 Å². The lowest BCUT2D eigenvalue weighted by atomic mass is 9.99. The topological polar surface area (TPSA) is 84.3 Å². The number of aromatic nitrogens is 1. The molecule has 8 nitrogen and oxygen atoms in total. The Hall–Kier alpha value is -2.74. The van der Waals surface area contributed by atoms with Crippen molar-refractivity contribution in [3.8, 4) is 0 Å². The van der Waals surface area contributed by atoms with Gasteiger partial charge >= 0.3 is 12.1 Å². The van der Waals surface area contributed by atoms with Crippen LogP contribution in [0.5, 0.6) is 0 Å². The molecule has 8 heteroatoms. The highest BCUT2D eigenvalue weighted by molar-refractivity contribution is 6.02. The molecule has 1 saturated heterocycles. The SMILES string of the molecule is COC(=O)C1=C(CN2CCN(C(=O)OC(C)(C)C)CC2)N=C(c2ccccn2)CC1. The second kappa shape index (κ2) is 9.38. The molecule has 162 valence electrons. The van der Waals surface area contributed by atoms with Crippen LogP contribution >= 0.6 is 0 Å². The van der Waals surface area contributed by atoms with Crippen molar-refractivity contribution in [2.24, 2.45) is 4.99 Å². The molecule has 2 aliphatic rings. The zero-order chi connectivity index (χ0) is 21.7. The zero-order valence-corrected chi connectivity index (χ0v) is 18.2. The van der Waals surface area contributed by atoms with Crippen LogP contribution < -0.4 is 0 Å². The fourth-order valence-corrected chi connectivity index (χ4v) is 3.49. The van der Waals surface area contributed by atoms with Gasteiger partial charge < -0.3 is 14.4 Å². The summed E-state index contributed by atoms with van der Waals surface area (Å²) in [5.74, 6) is -0.332. The molecule has 0 radical (unpaired) electrons. The molecule has 0 unspecified atom stereocenters. The van der Waals surface area contributed by atoms with Crippen molar-refractivity contribution in [2.45, 2.75) is 39.2 Å². The van der Waals surface area contributed by atoms with E-state index in [1.807, 2.05) is 39.0 Å². The van der Waals surface area contributed by atoms with Crippen LogP contribution in [-0.2, 0) is 14.3 Å². The molecule has 3 heterocycles. The van der Waals surface area contributed by atoms with E-state index in [2.05, 4.69) is 9.88 Å². The molecule has 30 heavy (non-hydrogen) atoms. The first-order valence-corrected chi connectivity index (χ1v) is 10.3. The summed E-state index contributed by atoms with van der Waals surface area (Å²) in [7, 11) is 1.39. The standard InChI is InChI=1S/C22H30N4O4/c1-22(2,3)30-21(28)26-13-11-25(12-14-26)15-19-16(20(27)29-4)8-9-18(24-19)17-7-5-6-10-23-17/h5-7,10H,8-9,11-15H2,1-4H3. The summed E-state index contributed by atoms with van der Waals surface area (Å²) in [6.45, 7) is 8.64. The maximum absolute atomic E-state index is 12.3. The van der Waals surface area contributed by atoms with Crippen LogP contribution in [0.2, 0.25) is 0 Å². The highest BCUT2D eigenvalue weighted by Gasteiger charge is 2.28. The summed E-state index contributed by atoms with van der Waals surface area (Å²) in [6, 6.07) is 5.73. The van der Waals surface area contributed by atoms with Crippen molar-refractivity contribution in [2.75, 3.05) is 39.8 Å². The average molecular weight is 415 g/mol. The smallest absolute Gasteiger partial charge is 0.410 e. The lowest BCUT2D eigenvalue weighted by Gasteiger charge is -2.36. The van der Waals surface area contributed by atoms with Gasteiger partial charge in [0, 0.05) is 38.9 Å². The number of amides is 1. The average Bonchev–Trinajstić information content (AvgIpc) is 2.73. The third kappa shape index (κ3) is 5.66. The van der Waals surface area contributed by atoms with E-state index in [1.54, 1.807) is 11.1 Å². The second-order valence-electron chi connectivity index (χ2n) is 8.43. The van der Waals surface area contributed by atoms with Crippen molar-refractivity contribution in [1.29, 1.82) is 0 Å². The van der Waals surface area contributed by atoms with E-state index in [1.165, 1.54) is 7.11 Å². The van der Waals surface area contributed by atoms with Crippen LogP contribution in [0.3, 0.4) is 0 Å². The molecule has 1 aromatic rings. The van der Waals surface area contributed by atoms with Gasteiger partial charge in [0.15, 0.2) is 0 Å². The Morgan fingerprint density at radius 2 is 1.83 bits per heavy atom. The number of rotatable bonds is 4. The first kappa shape index (κ1) is 22.0. The number of carbonyl (C=O) groups excluding carboxylic acids is 2. The number of nitrogens with zero attached hydrogens (tertiary/aromatic N) is 4. The minimum Gasteiger partial charge on any atom is -0.466 e. The van der Waals surface area contributed by atoms with Gasteiger partial charge in [0.05, 0.1) is 29.8 Å². The number of methoxy groups -OCH3 is 1. The molecular formula is C22H30N4O4. The summed E-state index contributed by atoms with van der Waals surface area (Å²) in [5.41, 5.74) is 2.54. The summed E-state index contributed by atoms with van der Waals surface area (Å²) in [6.07, 6.45) is 2.68. The van der Waals surface area contributed by atoms with Gasteiger partial charge in [-0.1, -0.05) is 6.07 Å². The van der Waals surface area contributed by atoms with Crippen molar-refractivity contribution >= 4 is 17.8 Å². The fourth-order valence-electron chi connectivity index (χ4n) is 3.49. The number of carbonyl (C=O) groups is 2. The third-order valence-electron chi connectivity index (χ3n) is 5.02. The van der Waals surface area contributed by atoms with Gasteiger partial charge in [0.25, 0.3) is 0 Å². The molecule has 0 spiro atoms. The lowest BCUT2D eigenvalue weighted by molar-refractivity contribution is -0.136. The molecule has 1 aromatic heterocycles. The first-order chi connectivity index (χ1) is 14.3. The number of piperazine rings is 1. The van der Waals surface area contributed by atoms with E-state index < -0.39 is 5.60 Å². The quantitative estimate of drug-likeness (QED) is 0.705. The van der Waals surface area contributed by atoms with Crippen molar-refractivity contribution in [1.82, 2.24) is 14.8 Å². The maximum atomic E-state index is 12.3. The van der Waals surface area contributed by atoms with Crippen LogP contribution in [-0.4, -0.2) is 78.0 Å². The fraction of sp³-hybridized carbons (Fsp3) is 0.545. The second-order valence-corrected chi connectivity index (χ2v) is 8.43. The summed E-state index contributed by atoms with van der Waals surface area (Å²) in [5, 5.41) is 0. The number of ether oxygens (including phenoxy) is 2. The Morgan fingerprint density at radius 1 is 1.10 bits per heavy atom. The Balaban J connectivity index is 1.70. The monoisotopic (exact) mass is 414 g/mol. The molecule has 0 saturated carbocycles. The normalized spacial score (nSPS) is 18.1. The zero-order valence-electron chi connectivity index (χ0n) is 18.2. The number of hydrogen-bond donors (Lipinski definition) is 0. The Labute approximate surface area is 177 Å². The highest BCUT2D eigenvalue weighted by Crippen LogP contribution is 2.24. The molecule has 3 rings (SSSR count). The largest absolute Gasteiger partial charge is 0.466 e. The van der Waals surface area contributed by atoms with Crippen LogP contribution in [0.1, 0.15) is 39.3 Å². The molecule has 1 amide bonds. The number of hydrogen-bond acceptors (Lipinski definition) is 7. The predicted octanol–water partition coefficient (Wildman–Crippen LogP) is 2.64. The van der Waals surface area contributed by atoms with E-state index in [9.17, 15) is 9.59 Å². The highest BCUT2D eigenvalue weighted by atomic mass is 16.6. The van der Waals surface area contributed by atoms with Crippen LogP contribution in [0.25, 0.3) is 0 Å². The number of pyridine rings is 1. The molecule has 1 fully saturated rings. The van der Waals surface area contributed by atoms with E-state index in [0.717, 1.165) is 17.1 Å². The minimum atomic E-state index is -0.507. The van der Waals surface area contributed by atoms with Gasteiger partial charge in [-0.3, -0.25) is 14.9 Å². The number of aliphatic imine (C=N–C) groups is 1. The van der Waals surface area contributed by atoms with Gasteiger partial charge in [-0.15, -0.1) is 0 Å². The summed E-state index contributed by atoms with van der Waals surface area (Å²) >= 11 is 0. The Kier molecular flexibility index (Phi) is 6.87. The molecule has 0 aromatic carbocycles. The molecular weight excluding hydrogens is 384 g/mol. The molecule has 0 N–H and O–H groups in total.